The van der Waals surface area contributed by atoms with Crippen LogP contribution in [0.15, 0.2) is 0 Å². The van der Waals surface area contributed by atoms with Crippen LogP contribution in [0.2, 0.25) is 0 Å². The second-order valence-electron chi connectivity index (χ2n) is 4.34. The van der Waals surface area contributed by atoms with Gasteiger partial charge in [0.2, 0.25) is 15.7 Å². The van der Waals surface area contributed by atoms with E-state index in [1.165, 1.54) is 6.92 Å². The number of nitrogens with two attached hydrogens (primary N) is 1. The summed E-state index contributed by atoms with van der Waals surface area (Å²) >= 11 is 0. The molecule has 0 aliphatic heterocycles. The molecule has 1 amide bonds. The van der Waals surface area contributed by atoms with Crippen molar-refractivity contribution in [1.82, 2.24) is 0 Å². The van der Waals surface area contributed by atoms with Crippen LogP contribution in [-0.2, 0) is 14.6 Å². The van der Waals surface area contributed by atoms with Gasteiger partial charge in [0.1, 0.15) is 0 Å². The molecule has 4 nitrogen and oxygen atoms in total. The summed E-state index contributed by atoms with van der Waals surface area (Å²) in [6, 6.07) is 0. The monoisotopic (exact) mass is 325 g/mol. The second-order valence-corrected chi connectivity index (χ2v) is 6.61. The van der Waals surface area contributed by atoms with Crippen molar-refractivity contribution in [2.24, 2.45) is 5.73 Å². The van der Waals surface area contributed by atoms with Crippen LogP contribution in [-0.4, -0.2) is 36.9 Å². The van der Waals surface area contributed by atoms with Crippen molar-refractivity contribution in [3.05, 3.63) is 0 Å². The molecule has 0 saturated heterocycles. The molecule has 20 heavy (non-hydrogen) atoms. The highest BCUT2D eigenvalue weighted by molar-refractivity contribution is 7.93. The van der Waals surface area contributed by atoms with Gasteiger partial charge >= 0.3 is 11.2 Å². The Morgan fingerprint density at radius 2 is 1.70 bits per heavy atom. The first-order valence-electron chi connectivity index (χ1n) is 5.73. The number of halogens is 5. The highest BCUT2D eigenvalue weighted by Gasteiger charge is 2.69. The van der Waals surface area contributed by atoms with Gasteiger partial charge in [0.15, 0.2) is 6.17 Å². The molecule has 0 aromatic heterocycles. The molecular weight excluding hydrogens is 309 g/mol. The highest BCUT2D eigenvalue weighted by atomic mass is 32.2. The van der Waals surface area contributed by atoms with Crippen LogP contribution >= 0.6 is 0 Å². The fourth-order valence-electron chi connectivity index (χ4n) is 1.51. The summed E-state index contributed by atoms with van der Waals surface area (Å²) in [5, 5.41) is -7.47. The van der Waals surface area contributed by atoms with E-state index in [2.05, 4.69) is 0 Å². The maximum atomic E-state index is 13.5. The molecule has 10 heteroatoms. The predicted molar refractivity (Wildman–Crippen MR) is 61.9 cm³/mol. The number of alkyl halides is 5. The summed E-state index contributed by atoms with van der Waals surface area (Å²) in [4.78, 5) is 10.5. The van der Waals surface area contributed by atoms with E-state index in [1.807, 2.05) is 0 Å². The lowest BCUT2D eigenvalue weighted by atomic mass is 10.2. The zero-order valence-electron chi connectivity index (χ0n) is 10.9. The molecule has 0 bridgehead atoms. The SMILES string of the molecule is CCC(CCC(N)=O)S(=O)(=O)C(F)(F)C(F)(F)C(C)F. The topological polar surface area (TPSA) is 77.2 Å². The van der Waals surface area contributed by atoms with Gasteiger partial charge in [-0.1, -0.05) is 6.92 Å². The first-order chi connectivity index (χ1) is 8.82. The molecule has 0 fully saturated rings. The van der Waals surface area contributed by atoms with Crippen molar-refractivity contribution < 1.29 is 35.2 Å². The van der Waals surface area contributed by atoms with Gasteiger partial charge in [-0.15, -0.1) is 0 Å². The van der Waals surface area contributed by atoms with E-state index in [9.17, 15) is 35.2 Å². The Morgan fingerprint density at radius 3 is 2.00 bits per heavy atom. The fraction of sp³-hybridized carbons (Fsp3) is 0.900. The van der Waals surface area contributed by atoms with Crippen LogP contribution in [0.5, 0.6) is 0 Å². The first kappa shape index (κ1) is 19.1. The van der Waals surface area contributed by atoms with Crippen molar-refractivity contribution in [3.8, 4) is 0 Å². The minimum Gasteiger partial charge on any atom is -0.370 e. The lowest BCUT2D eigenvalue weighted by Gasteiger charge is -2.30. The number of rotatable bonds is 8. The number of hydrogen-bond acceptors (Lipinski definition) is 3. The lowest BCUT2D eigenvalue weighted by molar-refractivity contribution is -0.190. The first-order valence-corrected chi connectivity index (χ1v) is 7.28. The molecule has 0 saturated carbocycles. The summed E-state index contributed by atoms with van der Waals surface area (Å²) in [5.41, 5.74) is 4.75. The van der Waals surface area contributed by atoms with Crippen molar-refractivity contribution in [3.63, 3.8) is 0 Å². The number of carbonyl (C=O) groups is 1. The van der Waals surface area contributed by atoms with Crippen LogP contribution in [0.3, 0.4) is 0 Å². The molecule has 0 aliphatic rings. The lowest BCUT2D eigenvalue weighted by Crippen LogP contribution is -2.54. The molecule has 0 spiro atoms. The minimum absolute atomic E-state index is 0.147. The Hall–Kier alpha value is -0.930. The maximum absolute atomic E-state index is 13.5. The van der Waals surface area contributed by atoms with E-state index in [4.69, 9.17) is 5.73 Å². The summed E-state index contributed by atoms with van der Waals surface area (Å²) < 4.78 is 89.0. The van der Waals surface area contributed by atoms with Crippen LogP contribution in [0, 0.1) is 0 Å². The van der Waals surface area contributed by atoms with Crippen molar-refractivity contribution in [2.45, 2.75) is 55.7 Å². The summed E-state index contributed by atoms with van der Waals surface area (Å²) in [5.74, 6) is -6.31. The Labute approximate surface area is 113 Å². The third kappa shape index (κ3) is 3.39. The van der Waals surface area contributed by atoms with Gasteiger partial charge in [0.05, 0.1) is 5.25 Å². The van der Waals surface area contributed by atoms with E-state index in [0.29, 0.717) is 0 Å². The van der Waals surface area contributed by atoms with Crippen LogP contribution in [0.1, 0.15) is 33.1 Å². The normalized spacial score (nSPS) is 16.8. The molecule has 120 valence electrons. The fourth-order valence-corrected chi connectivity index (χ4v) is 3.34. The molecule has 2 atom stereocenters. The van der Waals surface area contributed by atoms with E-state index in [1.54, 1.807) is 0 Å². The molecule has 0 heterocycles. The zero-order chi connectivity index (χ0) is 16.4. The van der Waals surface area contributed by atoms with Gasteiger partial charge in [-0.25, -0.2) is 12.8 Å². The van der Waals surface area contributed by atoms with E-state index < -0.39 is 57.6 Å². The third-order valence-electron chi connectivity index (χ3n) is 2.85. The van der Waals surface area contributed by atoms with E-state index in [-0.39, 0.29) is 6.92 Å². The third-order valence-corrected chi connectivity index (χ3v) is 5.29. The molecule has 0 radical (unpaired) electrons. The standard InChI is InChI=1S/C10H16F5NO3S/c1-3-7(4-5-8(16)17)20(18,19)10(14,15)9(12,13)6(2)11/h6-7H,3-5H2,1-2H3,(H2,16,17). The molecular formula is C10H16F5NO3S. The van der Waals surface area contributed by atoms with Crippen LogP contribution < -0.4 is 5.73 Å². The summed E-state index contributed by atoms with van der Waals surface area (Å²) in [7, 11) is -5.68. The quantitative estimate of drug-likeness (QED) is 0.694. The molecule has 0 aromatic rings. The van der Waals surface area contributed by atoms with Gasteiger partial charge < -0.3 is 5.73 Å². The molecule has 2 N–H and O–H groups in total. The summed E-state index contributed by atoms with van der Waals surface area (Å²) in [6.45, 7) is 1.32. The largest absolute Gasteiger partial charge is 0.410 e. The zero-order valence-corrected chi connectivity index (χ0v) is 11.7. The number of carbonyl (C=O) groups excluding carboxylic acids is 1. The molecule has 0 rings (SSSR count). The number of amides is 1. The second kappa shape index (κ2) is 6.23. The highest BCUT2D eigenvalue weighted by Crippen LogP contribution is 2.44. The van der Waals surface area contributed by atoms with Crippen molar-refractivity contribution in [2.75, 3.05) is 0 Å². The van der Waals surface area contributed by atoms with Gasteiger partial charge in [-0.2, -0.15) is 17.6 Å². The smallest absolute Gasteiger partial charge is 0.370 e. The van der Waals surface area contributed by atoms with Gasteiger partial charge in [-0.3, -0.25) is 4.79 Å². The average molecular weight is 325 g/mol. The Kier molecular flexibility index (Phi) is 5.94. The Balaban J connectivity index is 5.52. The number of hydrogen-bond donors (Lipinski definition) is 1. The van der Waals surface area contributed by atoms with Crippen molar-refractivity contribution >= 4 is 15.7 Å². The van der Waals surface area contributed by atoms with Gasteiger partial charge in [0.25, 0.3) is 0 Å². The number of primary amides is 1. The average Bonchev–Trinajstić information content (AvgIpc) is 2.28. The van der Waals surface area contributed by atoms with Crippen LogP contribution in [0.25, 0.3) is 0 Å². The predicted octanol–water partition coefficient (Wildman–Crippen LogP) is 2.03. The molecule has 0 aromatic carbocycles. The van der Waals surface area contributed by atoms with E-state index in [0.717, 1.165) is 0 Å². The molecule has 0 aliphatic carbocycles. The number of sulfone groups is 1. The van der Waals surface area contributed by atoms with Gasteiger partial charge in [-0.05, 0) is 19.8 Å². The Morgan fingerprint density at radius 1 is 1.25 bits per heavy atom. The minimum atomic E-state index is -5.68. The van der Waals surface area contributed by atoms with Crippen LogP contribution in [0.4, 0.5) is 22.0 Å². The maximum Gasteiger partial charge on any atom is 0.410 e. The van der Waals surface area contributed by atoms with Gasteiger partial charge in [0, 0.05) is 6.42 Å². The van der Waals surface area contributed by atoms with E-state index >= 15 is 0 Å². The summed E-state index contributed by atoms with van der Waals surface area (Å²) in [6.07, 6.45) is -4.95. The molecule has 2 unspecified atom stereocenters. The Bertz CT molecular complexity index is 450. The van der Waals surface area contributed by atoms with Crippen molar-refractivity contribution in [1.29, 1.82) is 0 Å².